The molecule has 2 heterocycles. The van der Waals surface area contributed by atoms with Crippen LogP contribution in [0.15, 0.2) is 34.7 Å². The van der Waals surface area contributed by atoms with Gasteiger partial charge in [0.1, 0.15) is 0 Å². The Morgan fingerprint density at radius 3 is 2.24 bits per heavy atom. The molecule has 1 aliphatic carbocycles. The Morgan fingerprint density at radius 2 is 1.70 bits per heavy atom. The Labute approximate surface area is 189 Å². The zero-order valence-electron chi connectivity index (χ0n) is 16.9. The first kappa shape index (κ1) is 24.5. The third kappa shape index (κ3) is 4.25. The van der Waals surface area contributed by atoms with Crippen LogP contribution < -0.4 is 11.1 Å². The van der Waals surface area contributed by atoms with Gasteiger partial charge in [0, 0.05) is 23.4 Å². The van der Waals surface area contributed by atoms with Crippen molar-refractivity contribution in [3.05, 3.63) is 45.9 Å². The number of thioether (sulfide) groups is 1. The van der Waals surface area contributed by atoms with Gasteiger partial charge in [0.2, 0.25) is 5.78 Å². The maximum Gasteiger partial charge on any atom is 0.490 e. The molecule has 176 valence electrons. The summed E-state index contributed by atoms with van der Waals surface area (Å²) < 4.78 is 31.7. The van der Waals surface area contributed by atoms with Gasteiger partial charge >= 0.3 is 18.2 Å². The molecule has 1 aromatic carbocycles. The Balaban J connectivity index is 0.000000383. The number of carboxylic acids is 1. The van der Waals surface area contributed by atoms with Crippen LogP contribution in [0.4, 0.5) is 18.0 Å². The van der Waals surface area contributed by atoms with Gasteiger partial charge in [-0.3, -0.25) is 19.3 Å². The highest BCUT2D eigenvalue weighted by Gasteiger charge is 2.60. The van der Waals surface area contributed by atoms with E-state index in [0.29, 0.717) is 24.9 Å². The van der Waals surface area contributed by atoms with Gasteiger partial charge in [-0.05, 0) is 19.4 Å². The van der Waals surface area contributed by atoms with Gasteiger partial charge in [0.25, 0.3) is 5.91 Å². The molecule has 1 fully saturated rings. The number of Topliss-reactive ketones (excluding diaryl/α,β-unsaturated/α-hetero) is 2. The molecule has 1 saturated heterocycles. The molecule has 0 radical (unpaired) electrons. The number of amides is 3. The number of urea groups is 1. The monoisotopic (exact) mass is 485 g/mol. The van der Waals surface area contributed by atoms with Crippen LogP contribution in [0.3, 0.4) is 0 Å². The number of hydrogen-bond donors (Lipinski definition) is 3. The highest BCUT2D eigenvalue weighted by Crippen LogP contribution is 2.47. The second-order valence-corrected chi connectivity index (χ2v) is 8.27. The lowest BCUT2D eigenvalue weighted by Gasteiger charge is -2.25. The van der Waals surface area contributed by atoms with E-state index in [0.717, 1.165) is 16.7 Å². The number of nitrogens with zero attached hydrogens (tertiary/aromatic N) is 1. The molecular weight excluding hydrogens is 467 g/mol. The second kappa shape index (κ2) is 8.98. The number of unbranched alkanes of at least 4 members (excludes halogenated alkanes) is 1. The number of nitrogens with two attached hydrogens (primary N) is 1. The van der Waals surface area contributed by atoms with Gasteiger partial charge in [0.15, 0.2) is 11.3 Å². The van der Waals surface area contributed by atoms with E-state index in [1.807, 2.05) is 0 Å². The fourth-order valence-corrected chi connectivity index (χ4v) is 4.99. The zero-order valence-corrected chi connectivity index (χ0v) is 17.7. The summed E-state index contributed by atoms with van der Waals surface area (Å²) in [5.74, 6) is -3.69. The van der Waals surface area contributed by atoms with Gasteiger partial charge < -0.3 is 16.2 Å². The van der Waals surface area contributed by atoms with Gasteiger partial charge in [-0.2, -0.15) is 13.2 Å². The number of imide groups is 1. The Hall–Kier alpha value is -3.19. The molecule has 1 aromatic rings. The summed E-state index contributed by atoms with van der Waals surface area (Å²) in [6.45, 7) is 0.722. The number of carbonyl (C=O) groups is 5. The molecule has 0 saturated carbocycles. The smallest absolute Gasteiger partial charge is 0.475 e. The lowest BCUT2D eigenvalue weighted by Crippen LogP contribution is -2.52. The molecule has 4 rings (SSSR count). The normalized spacial score (nSPS) is 21.6. The van der Waals surface area contributed by atoms with E-state index in [2.05, 4.69) is 5.32 Å². The van der Waals surface area contributed by atoms with Crippen molar-refractivity contribution in [1.29, 1.82) is 0 Å². The Morgan fingerprint density at radius 1 is 1.12 bits per heavy atom. The van der Waals surface area contributed by atoms with Gasteiger partial charge in [0.05, 0.1) is 10.5 Å². The van der Waals surface area contributed by atoms with Crippen LogP contribution in [-0.4, -0.2) is 70.0 Å². The predicted molar refractivity (Wildman–Crippen MR) is 110 cm³/mol. The Bertz CT molecular complexity index is 1090. The van der Waals surface area contributed by atoms with E-state index >= 15 is 0 Å². The fourth-order valence-electron chi connectivity index (χ4n) is 3.64. The fraction of sp³-hybridized carbons (Fsp3) is 0.350. The summed E-state index contributed by atoms with van der Waals surface area (Å²) in [4.78, 5) is 61.6. The number of hydrogen-bond acceptors (Lipinski definition) is 7. The lowest BCUT2D eigenvalue weighted by molar-refractivity contribution is -0.192. The first-order valence-corrected chi connectivity index (χ1v) is 10.6. The number of benzene rings is 1. The van der Waals surface area contributed by atoms with Crippen LogP contribution in [0.1, 0.15) is 33.6 Å². The van der Waals surface area contributed by atoms with E-state index in [9.17, 15) is 32.3 Å². The number of alkyl halides is 3. The molecule has 2 aliphatic heterocycles. The molecule has 3 aliphatic rings. The first-order chi connectivity index (χ1) is 15.5. The van der Waals surface area contributed by atoms with Crippen molar-refractivity contribution in [3.8, 4) is 0 Å². The van der Waals surface area contributed by atoms with Crippen molar-refractivity contribution < 1.29 is 42.3 Å². The molecule has 1 spiro atoms. The van der Waals surface area contributed by atoms with Gasteiger partial charge in [-0.1, -0.05) is 24.3 Å². The summed E-state index contributed by atoms with van der Waals surface area (Å²) in [5.41, 5.74) is 4.76. The molecule has 0 bridgehead atoms. The van der Waals surface area contributed by atoms with E-state index in [1.165, 1.54) is 0 Å². The maximum absolute atomic E-state index is 13.1. The SMILES string of the molecule is NCCCCN1C(=O)NC2(CSC3=C2C(=O)c2ccccc2C3=O)C1=O.O=C(O)C(F)(F)F. The molecule has 33 heavy (non-hydrogen) atoms. The minimum atomic E-state index is -5.08. The van der Waals surface area contributed by atoms with Crippen molar-refractivity contribution in [3.63, 3.8) is 0 Å². The van der Waals surface area contributed by atoms with E-state index in [-0.39, 0.29) is 39.9 Å². The van der Waals surface area contributed by atoms with Crippen LogP contribution in [0.2, 0.25) is 0 Å². The highest BCUT2D eigenvalue weighted by molar-refractivity contribution is 8.04. The van der Waals surface area contributed by atoms with Crippen LogP contribution in [-0.2, 0) is 9.59 Å². The summed E-state index contributed by atoms with van der Waals surface area (Å²) >= 11 is 1.16. The topological polar surface area (TPSA) is 147 Å². The number of rotatable bonds is 4. The number of nitrogens with one attached hydrogen (secondary N) is 1. The van der Waals surface area contributed by atoms with Crippen LogP contribution >= 0.6 is 11.8 Å². The maximum atomic E-state index is 13.1. The minimum absolute atomic E-state index is 0.117. The van der Waals surface area contributed by atoms with Crippen LogP contribution in [0, 0.1) is 0 Å². The summed E-state index contributed by atoms with van der Waals surface area (Å²) in [6, 6.07) is 6.04. The number of aliphatic carboxylic acids is 1. The third-order valence-electron chi connectivity index (χ3n) is 5.19. The molecule has 4 N–H and O–H groups in total. The number of carbonyl (C=O) groups excluding carboxylic acids is 4. The molecule has 13 heteroatoms. The molecule has 9 nitrogen and oxygen atoms in total. The van der Waals surface area contributed by atoms with Crippen molar-refractivity contribution in [2.75, 3.05) is 18.8 Å². The van der Waals surface area contributed by atoms with Crippen LogP contribution in [0.5, 0.6) is 0 Å². The van der Waals surface area contributed by atoms with E-state index in [1.54, 1.807) is 24.3 Å². The largest absolute Gasteiger partial charge is 0.490 e. The predicted octanol–water partition coefficient (Wildman–Crippen LogP) is 1.73. The van der Waals surface area contributed by atoms with Crippen molar-refractivity contribution in [2.45, 2.75) is 24.6 Å². The molecule has 0 aromatic heterocycles. The van der Waals surface area contributed by atoms with Crippen LogP contribution in [0.25, 0.3) is 0 Å². The minimum Gasteiger partial charge on any atom is -0.475 e. The number of fused-ring (bicyclic) bond motifs is 2. The summed E-state index contributed by atoms with van der Waals surface area (Å²) in [6.07, 6.45) is -3.79. The number of carboxylic acid groups (broad SMARTS) is 1. The van der Waals surface area contributed by atoms with Crippen molar-refractivity contribution >= 4 is 41.2 Å². The van der Waals surface area contributed by atoms with E-state index in [4.69, 9.17) is 15.6 Å². The first-order valence-electron chi connectivity index (χ1n) is 9.66. The van der Waals surface area contributed by atoms with Gasteiger partial charge in [-0.25, -0.2) is 9.59 Å². The summed E-state index contributed by atoms with van der Waals surface area (Å²) in [7, 11) is 0. The third-order valence-corrected chi connectivity index (χ3v) is 6.45. The van der Waals surface area contributed by atoms with Gasteiger partial charge in [-0.15, -0.1) is 11.8 Å². The number of halogens is 3. The average molecular weight is 485 g/mol. The van der Waals surface area contributed by atoms with Crippen molar-refractivity contribution in [2.24, 2.45) is 5.73 Å². The molecule has 1 atom stereocenters. The second-order valence-electron chi connectivity index (χ2n) is 7.29. The van der Waals surface area contributed by atoms with E-state index < -0.39 is 29.6 Å². The summed E-state index contributed by atoms with van der Waals surface area (Å²) in [5, 5.41) is 9.82. The molecule has 1 unspecified atom stereocenters. The zero-order chi connectivity index (χ0) is 24.6. The number of allylic oxidation sites excluding steroid dienone is 1. The molecular formula is C20H18F3N3O6S. The standard InChI is InChI=1S/C18H17N3O4S.C2HF3O2/c19-7-3-4-8-21-16(24)18(20-17(21)25)9-26-15-12(18)13(22)10-5-1-2-6-11(10)14(15)23;3-2(4,5)1(6)7/h1-2,5-6H,3-4,7-9,19H2,(H,20,25);(H,6,7). The number of ketones is 2. The molecule has 3 amide bonds. The average Bonchev–Trinajstić information content (AvgIpc) is 3.25. The Kier molecular flexibility index (Phi) is 6.65. The van der Waals surface area contributed by atoms with Crippen molar-refractivity contribution in [1.82, 2.24) is 10.2 Å². The lowest BCUT2D eigenvalue weighted by atomic mass is 9.79. The quantitative estimate of drug-likeness (QED) is 0.432. The highest BCUT2D eigenvalue weighted by atomic mass is 32.2.